The number of nitrogens with zero attached hydrogens (tertiary/aromatic N) is 6. The lowest BCUT2D eigenvalue weighted by molar-refractivity contribution is 0.565. The molecule has 25 heavy (non-hydrogen) atoms. The lowest BCUT2D eigenvalue weighted by Gasteiger charge is -2.05. The maximum absolute atomic E-state index is 13.2. The van der Waals surface area contributed by atoms with Crippen molar-refractivity contribution in [2.24, 2.45) is 0 Å². The van der Waals surface area contributed by atoms with Crippen LogP contribution in [-0.4, -0.2) is 30.2 Å². The van der Waals surface area contributed by atoms with Gasteiger partial charge in [0.2, 0.25) is 5.16 Å². The minimum Gasteiger partial charge on any atom is -0.229 e. The molecular weight excluding hydrogens is 359 g/mol. The van der Waals surface area contributed by atoms with Crippen LogP contribution < -0.4 is 0 Å². The molecule has 5 rings (SSSR count). The summed E-state index contributed by atoms with van der Waals surface area (Å²) in [6.45, 7) is 0. The van der Waals surface area contributed by atoms with E-state index in [1.807, 2.05) is 10.1 Å². The number of tetrazole rings is 1. The van der Waals surface area contributed by atoms with E-state index in [-0.39, 0.29) is 5.82 Å². The Kier molecular flexibility index (Phi) is 3.49. The van der Waals surface area contributed by atoms with Gasteiger partial charge in [0, 0.05) is 10.9 Å². The van der Waals surface area contributed by atoms with Gasteiger partial charge >= 0.3 is 0 Å². The summed E-state index contributed by atoms with van der Waals surface area (Å²) in [4.78, 5) is 9.71. The normalized spacial score (nSPS) is 14.3. The predicted octanol–water partition coefficient (Wildman–Crippen LogP) is 3.97. The molecule has 0 amide bonds. The van der Waals surface area contributed by atoms with Gasteiger partial charge in [-0.3, -0.25) is 0 Å². The maximum Gasteiger partial charge on any atom is 0.215 e. The van der Waals surface area contributed by atoms with Crippen molar-refractivity contribution in [1.29, 1.82) is 0 Å². The minimum atomic E-state index is -0.252. The van der Waals surface area contributed by atoms with Crippen molar-refractivity contribution >= 4 is 33.3 Å². The minimum absolute atomic E-state index is 0.252. The van der Waals surface area contributed by atoms with E-state index in [0.717, 1.165) is 44.4 Å². The fourth-order valence-electron chi connectivity index (χ4n) is 2.65. The second-order valence-corrected chi connectivity index (χ2v) is 7.57. The molecule has 3 aromatic heterocycles. The molecule has 0 N–H and O–H groups in total. The molecule has 0 radical (unpaired) electrons. The molecule has 0 unspecified atom stereocenters. The fourth-order valence-corrected chi connectivity index (χ4v) is 4.57. The summed E-state index contributed by atoms with van der Waals surface area (Å²) in [6, 6.07) is 6.86. The maximum atomic E-state index is 13.2. The number of benzene rings is 1. The van der Waals surface area contributed by atoms with Gasteiger partial charge in [-0.1, -0.05) is 12.1 Å². The molecule has 0 aliphatic heterocycles. The van der Waals surface area contributed by atoms with Crippen LogP contribution in [0.25, 0.3) is 21.3 Å². The van der Waals surface area contributed by atoms with Gasteiger partial charge in [-0.25, -0.2) is 19.0 Å². The third-order valence-electron chi connectivity index (χ3n) is 4.03. The van der Waals surface area contributed by atoms with Crippen molar-refractivity contribution in [2.45, 2.75) is 29.1 Å². The Morgan fingerprint density at radius 3 is 2.80 bits per heavy atom. The van der Waals surface area contributed by atoms with E-state index >= 15 is 0 Å². The van der Waals surface area contributed by atoms with E-state index in [1.54, 1.807) is 29.8 Å². The highest BCUT2D eigenvalue weighted by Crippen LogP contribution is 2.42. The quantitative estimate of drug-likeness (QED) is 0.506. The van der Waals surface area contributed by atoms with E-state index in [0.29, 0.717) is 6.04 Å². The Hall–Kier alpha value is -2.39. The van der Waals surface area contributed by atoms with Crippen molar-refractivity contribution in [1.82, 2.24) is 30.2 Å². The van der Waals surface area contributed by atoms with Gasteiger partial charge in [-0.2, -0.15) is 0 Å². The summed E-state index contributed by atoms with van der Waals surface area (Å²) < 4.78 is 15.1. The third kappa shape index (κ3) is 2.69. The molecule has 6 nitrogen and oxygen atoms in total. The largest absolute Gasteiger partial charge is 0.229 e. The highest BCUT2D eigenvalue weighted by molar-refractivity contribution is 7.99. The van der Waals surface area contributed by atoms with Crippen LogP contribution >= 0.6 is 23.1 Å². The van der Waals surface area contributed by atoms with E-state index in [9.17, 15) is 4.39 Å². The number of thiophene rings is 1. The number of hydrogen-bond acceptors (Lipinski definition) is 7. The van der Waals surface area contributed by atoms with Gasteiger partial charge < -0.3 is 0 Å². The van der Waals surface area contributed by atoms with E-state index < -0.39 is 0 Å². The molecule has 1 aromatic carbocycles. The first kappa shape index (κ1) is 14.9. The summed E-state index contributed by atoms with van der Waals surface area (Å²) >= 11 is 2.99. The van der Waals surface area contributed by atoms with E-state index in [2.05, 4.69) is 25.5 Å². The van der Waals surface area contributed by atoms with Crippen LogP contribution in [0, 0.1) is 5.82 Å². The molecule has 0 bridgehead atoms. The van der Waals surface area contributed by atoms with Gasteiger partial charge in [-0.05, 0) is 52.7 Å². The number of halogens is 1. The Bertz CT molecular complexity index is 1050. The Morgan fingerprint density at radius 1 is 1.16 bits per heavy atom. The molecule has 1 fully saturated rings. The lowest BCUT2D eigenvalue weighted by atomic mass is 10.1. The Labute approximate surface area is 150 Å². The average Bonchev–Trinajstić information content (AvgIpc) is 3.20. The van der Waals surface area contributed by atoms with Crippen molar-refractivity contribution in [3.05, 3.63) is 41.8 Å². The first-order valence-corrected chi connectivity index (χ1v) is 9.43. The second-order valence-electron chi connectivity index (χ2n) is 5.75. The first-order valence-electron chi connectivity index (χ1n) is 7.73. The second kappa shape index (κ2) is 5.85. The van der Waals surface area contributed by atoms with E-state index in [4.69, 9.17) is 0 Å². The van der Waals surface area contributed by atoms with Crippen LogP contribution in [0.2, 0.25) is 0 Å². The molecule has 4 aromatic rings. The highest BCUT2D eigenvalue weighted by atomic mass is 32.2. The standard InChI is InChI=1S/C16H11FN6S2/c17-10-3-1-9(2-4-10)12-7-24-14-13(12)15(19-8-18-14)25-16-20-21-22-23(16)11-5-6-11/h1-4,7-8,11H,5-6H2. The van der Waals surface area contributed by atoms with Gasteiger partial charge in [-0.15, -0.1) is 16.4 Å². The number of aromatic nitrogens is 6. The molecule has 1 aliphatic rings. The lowest BCUT2D eigenvalue weighted by Crippen LogP contribution is -1.99. The SMILES string of the molecule is Fc1ccc(-c2csc3ncnc(Sc4nnnn4C4CC4)c23)cc1. The fraction of sp³-hybridized carbons (Fsp3) is 0.188. The number of hydrogen-bond donors (Lipinski definition) is 0. The van der Waals surface area contributed by atoms with Gasteiger partial charge in [0.05, 0.1) is 11.4 Å². The monoisotopic (exact) mass is 370 g/mol. The molecule has 1 aliphatic carbocycles. The molecule has 0 spiro atoms. The van der Waals surface area contributed by atoms with Crippen molar-refractivity contribution in [3.63, 3.8) is 0 Å². The van der Waals surface area contributed by atoms with Gasteiger partial charge in [0.15, 0.2) is 0 Å². The zero-order valence-corrected chi connectivity index (χ0v) is 14.5. The molecular formula is C16H11FN6S2. The number of rotatable bonds is 4. The topological polar surface area (TPSA) is 69.4 Å². The molecule has 1 saturated carbocycles. The number of fused-ring (bicyclic) bond motifs is 1. The third-order valence-corrected chi connectivity index (χ3v) is 5.87. The summed E-state index contributed by atoms with van der Waals surface area (Å²) in [6.07, 6.45) is 3.77. The van der Waals surface area contributed by atoms with E-state index in [1.165, 1.54) is 23.9 Å². The zero-order chi connectivity index (χ0) is 16.8. The summed E-state index contributed by atoms with van der Waals surface area (Å²) in [5.41, 5.74) is 1.93. The summed E-state index contributed by atoms with van der Waals surface area (Å²) in [5, 5.41) is 16.5. The van der Waals surface area contributed by atoms with Crippen molar-refractivity contribution in [3.8, 4) is 11.1 Å². The van der Waals surface area contributed by atoms with Crippen LogP contribution in [0.3, 0.4) is 0 Å². The zero-order valence-electron chi connectivity index (χ0n) is 12.8. The van der Waals surface area contributed by atoms with Crippen LogP contribution in [0.4, 0.5) is 4.39 Å². The molecule has 124 valence electrons. The summed E-state index contributed by atoms with van der Waals surface area (Å²) in [5.74, 6) is -0.252. The Morgan fingerprint density at radius 2 is 2.00 bits per heavy atom. The molecule has 0 saturated heterocycles. The van der Waals surface area contributed by atoms with Crippen LogP contribution in [0.5, 0.6) is 0 Å². The molecule has 3 heterocycles. The van der Waals surface area contributed by atoms with Crippen molar-refractivity contribution < 1.29 is 4.39 Å². The smallest absolute Gasteiger partial charge is 0.215 e. The van der Waals surface area contributed by atoms with Crippen molar-refractivity contribution in [2.75, 3.05) is 0 Å². The van der Waals surface area contributed by atoms with Crippen LogP contribution in [-0.2, 0) is 0 Å². The average molecular weight is 370 g/mol. The Balaban J connectivity index is 1.62. The van der Waals surface area contributed by atoms with Gasteiger partial charge in [0.25, 0.3) is 0 Å². The highest BCUT2D eigenvalue weighted by Gasteiger charge is 2.28. The molecule has 9 heteroatoms. The molecule has 0 atom stereocenters. The first-order chi connectivity index (χ1) is 12.3. The summed E-state index contributed by atoms with van der Waals surface area (Å²) in [7, 11) is 0. The van der Waals surface area contributed by atoms with Crippen LogP contribution in [0.15, 0.2) is 46.2 Å². The van der Waals surface area contributed by atoms with Crippen LogP contribution in [0.1, 0.15) is 18.9 Å². The predicted molar refractivity (Wildman–Crippen MR) is 93.0 cm³/mol. The van der Waals surface area contributed by atoms with Gasteiger partial charge in [0.1, 0.15) is 22.0 Å².